The van der Waals surface area contributed by atoms with E-state index in [1.165, 1.54) is 27.4 Å². The van der Waals surface area contributed by atoms with E-state index in [-0.39, 0.29) is 0 Å². The zero-order chi connectivity index (χ0) is 24.5. The number of hydrogen-bond acceptors (Lipinski definition) is 3. The summed E-state index contributed by atoms with van der Waals surface area (Å²) in [6.45, 7) is 4.38. The smallest absolute Gasteiger partial charge is 0.219 e. The van der Waals surface area contributed by atoms with Crippen LogP contribution in [0.1, 0.15) is 25.0 Å². The monoisotopic (exact) mass is 469 g/mol. The molecular formula is C32H27N3O. The summed E-state index contributed by atoms with van der Waals surface area (Å²) < 4.78 is 8.31. The van der Waals surface area contributed by atoms with E-state index in [0.29, 0.717) is 5.88 Å². The molecular weight excluding hydrogens is 442 g/mol. The predicted molar refractivity (Wildman–Crippen MR) is 147 cm³/mol. The molecule has 6 aromatic rings. The average molecular weight is 470 g/mol. The highest BCUT2D eigenvalue weighted by Crippen LogP contribution is 2.36. The molecule has 0 unspecified atom stereocenters. The van der Waals surface area contributed by atoms with Crippen molar-refractivity contribution in [1.29, 1.82) is 0 Å². The molecule has 0 N–H and O–H groups in total. The molecule has 4 nitrogen and oxygen atoms in total. The molecule has 0 aliphatic rings. The number of aryl methyl sites for hydroxylation is 2. The van der Waals surface area contributed by atoms with Crippen molar-refractivity contribution in [3.8, 4) is 28.6 Å². The number of pyridine rings is 2. The summed E-state index contributed by atoms with van der Waals surface area (Å²) in [6, 6.07) is 31.4. The number of para-hydroxylation sites is 1. The minimum atomic E-state index is 0.582. The van der Waals surface area contributed by atoms with Crippen LogP contribution in [-0.4, -0.2) is 14.5 Å². The summed E-state index contributed by atoms with van der Waals surface area (Å²) in [5.74, 6) is 2.35. The average Bonchev–Trinajstić information content (AvgIpc) is 3.27. The highest BCUT2D eigenvalue weighted by atomic mass is 16.5. The second-order valence-electron chi connectivity index (χ2n) is 8.92. The van der Waals surface area contributed by atoms with Crippen molar-refractivity contribution >= 4 is 21.8 Å². The molecule has 0 saturated heterocycles. The van der Waals surface area contributed by atoms with E-state index in [1.54, 1.807) is 6.20 Å². The van der Waals surface area contributed by atoms with E-state index in [4.69, 9.17) is 9.72 Å². The van der Waals surface area contributed by atoms with Gasteiger partial charge in [-0.2, -0.15) is 0 Å². The fraction of sp³-hybridized carbons (Fsp3) is 0.125. The molecule has 176 valence electrons. The first-order valence-corrected chi connectivity index (χ1v) is 12.5. The maximum atomic E-state index is 5.99. The van der Waals surface area contributed by atoms with Gasteiger partial charge in [0, 0.05) is 29.2 Å². The SMILES string of the molecule is CCc1cnc(-n2c3ccccc3c3ccc(-c4cccc(Oc5ccccn5)c4)cc32)c(CC)c1. The Hall–Kier alpha value is -4.44. The Bertz CT molecular complexity index is 1690. The number of ether oxygens (including phenoxy) is 1. The number of aromatic nitrogens is 3. The van der Waals surface area contributed by atoms with Crippen LogP contribution in [0.5, 0.6) is 11.6 Å². The van der Waals surface area contributed by atoms with Crippen LogP contribution < -0.4 is 4.74 Å². The highest BCUT2D eigenvalue weighted by molar-refractivity contribution is 6.10. The first-order chi connectivity index (χ1) is 17.7. The lowest BCUT2D eigenvalue weighted by atomic mass is 10.0. The van der Waals surface area contributed by atoms with Gasteiger partial charge >= 0.3 is 0 Å². The third kappa shape index (κ3) is 3.91. The van der Waals surface area contributed by atoms with Crippen LogP contribution in [0.4, 0.5) is 0 Å². The Morgan fingerprint density at radius 1 is 0.694 bits per heavy atom. The van der Waals surface area contributed by atoms with Gasteiger partial charge in [-0.3, -0.25) is 4.57 Å². The van der Waals surface area contributed by atoms with Gasteiger partial charge in [-0.15, -0.1) is 0 Å². The van der Waals surface area contributed by atoms with Crippen LogP contribution in [0.2, 0.25) is 0 Å². The fourth-order valence-electron chi connectivity index (χ4n) is 4.85. The number of fused-ring (bicyclic) bond motifs is 3. The Kier molecular flexibility index (Phi) is 5.70. The first-order valence-electron chi connectivity index (χ1n) is 12.5. The Balaban J connectivity index is 1.52. The zero-order valence-electron chi connectivity index (χ0n) is 20.5. The van der Waals surface area contributed by atoms with E-state index in [9.17, 15) is 0 Å². The maximum Gasteiger partial charge on any atom is 0.219 e. The summed E-state index contributed by atoms with van der Waals surface area (Å²) in [6.07, 6.45) is 5.65. The van der Waals surface area contributed by atoms with E-state index in [2.05, 4.69) is 84.1 Å². The van der Waals surface area contributed by atoms with Gasteiger partial charge in [-0.1, -0.05) is 68.4 Å². The van der Waals surface area contributed by atoms with Crippen molar-refractivity contribution in [2.45, 2.75) is 26.7 Å². The maximum absolute atomic E-state index is 5.99. The lowest BCUT2D eigenvalue weighted by Gasteiger charge is -2.13. The number of nitrogens with zero attached hydrogens (tertiary/aromatic N) is 3. The number of rotatable bonds is 6. The fourth-order valence-corrected chi connectivity index (χ4v) is 4.85. The molecule has 36 heavy (non-hydrogen) atoms. The molecule has 0 fully saturated rings. The molecule has 0 radical (unpaired) electrons. The third-order valence-electron chi connectivity index (χ3n) is 6.70. The second kappa shape index (κ2) is 9.31. The molecule has 0 bridgehead atoms. The Morgan fingerprint density at radius 3 is 2.36 bits per heavy atom. The Labute approximate surface area is 210 Å². The van der Waals surface area contributed by atoms with Gasteiger partial charge in [0.1, 0.15) is 11.6 Å². The van der Waals surface area contributed by atoms with Crippen LogP contribution >= 0.6 is 0 Å². The molecule has 3 heterocycles. The van der Waals surface area contributed by atoms with E-state index in [0.717, 1.165) is 41.1 Å². The second-order valence-corrected chi connectivity index (χ2v) is 8.92. The quantitative estimate of drug-likeness (QED) is 0.247. The topological polar surface area (TPSA) is 39.9 Å². The minimum absolute atomic E-state index is 0.582. The highest BCUT2D eigenvalue weighted by Gasteiger charge is 2.16. The van der Waals surface area contributed by atoms with Crippen LogP contribution in [0.15, 0.2) is 103 Å². The third-order valence-corrected chi connectivity index (χ3v) is 6.70. The van der Waals surface area contributed by atoms with Crippen LogP contribution in [0, 0.1) is 0 Å². The van der Waals surface area contributed by atoms with Crippen molar-refractivity contribution in [2.24, 2.45) is 0 Å². The summed E-state index contributed by atoms with van der Waals surface area (Å²) in [5, 5.41) is 2.45. The summed E-state index contributed by atoms with van der Waals surface area (Å²) >= 11 is 0. The lowest BCUT2D eigenvalue weighted by molar-refractivity contribution is 0.463. The number of hydrogen-bond donors (Lipinski definition) is 0. The van der Waals surface area contributed by atoms with Gasteiger partial charge in [0.2, 0.25) is 5.88 Å². The van der Waals surface area contributed by atoms with Crippen LogP contribution in [0.25, 0.3) is 38.8 Å². The molecule has 0 aliphatic carbocycles. The van der Waals surface area contributed by atoms with Crippen molar-refractivity contribution in [2.75, 3.05) is 0 Å². The summed E-state index contributed by atoms with van der Waals surface area (Å²) in [7, 11) is 0. The largest absolute Gasteiger partial charge is 0.439 e. The summed E-state index contributed by atoms with van der Waals surface area (Å²) in [5.41, 5.74) is 7.06. The lowest BCUT2D eigenvalue weighted by Crippen LogP contribution is -2.03. The number of benzene rings is 3. The molecule has 4 heteroatoms. The normalized spacial score (nSPS) is 11.3. The first kappa shape index (κ1) is 22.1. The zero-order valence-corrected chi connectivity index (χ0v) is 20.5. The molecule has 0 amide bonds. The van der Waals surface area contributed by atoms with Gasteiger partial charge < -0.3 is 4.74 Å². The van der Waals surface area contributed by atoms with Crippen molar-refractivity contribution in [3.05, 3.63) is 115 Å². The van der Waals surface area contributed by atoms with E-state index >= 15 is 0 Å². The predicted octanol–water partition coefficient (Wildman–Crippen LogP) is 8.16. The molecule has 6 rings (SSSR count). The van der Waals surface area contributed by atoms with Gasteiger partial charge in [0.25, 0.3) is 0 Å². The van der Waals surface area contributed by atoms with E-state index in [1.807, 2.05) is 36.5 Å². The van der Waals surface area contributed by atoms with Crippen LogP contribution in [0.3, 0.4) is 0 Å². The molecule has 0 atom stereocenters. The van der Waals surface area contributed by atoms with Gasteiger partial charge in [-0.05, 0) is 65.4 Å². The van der Waals surface area contributed by atoms with Crippen molar-refractivity contribution in [3.63, 3.8) is 0 Å². The van der Waals surface area contributed by atoms with Gasteiger partial charge in [-0.25, -0.2) is 9.97 Å². The summed E-state index contributed by atoms with van der Waals surface area (Å²) in [4.78, 5) is 9.25. The molecule has 3 aromatic carbocycles. The standard InChI is InChI=1S/C32H27N3O/c1-3-22-18-23(4-2)32(34-21-22)35-29-13-6-5-12-27(29)28-16-15-25(20-30(28)35)24-10-9-11-26(19-24)36-31-14-7-8-17-33-31/h5-21H,3-4H2,1-2H3. The van der Waals surface area contributed by atoms with Crippen LogP contribution in [-0.2, 0) is 12.8 Å². The molecule has 0 spiro atoms. The van der Waals surface area contributed by atoms with Crippen molar-refractivity contribution in [1.82, 2.24) is 14.5 Å². The molecule has 0 aliphatic heterocycles. The molecule has 0 saturated carbocycles. The van der Waals surface area contributed by atoms with E-state index < -0.39 is 0 Å². The van der Waals surface area contributed by atoms with Gasteiger partial charge in [0.15, 0.2) is 0 Å². The minimum Gasteiger partial charge on any atom is -0.439 e. The van der Waals surface area contributed by atoms with Crippen molar-refractivity contribution < 1.29 is 4.74 Å². The van der Waals surface area contributed by atoms with Gasteiger partial charge in [0.05, 0.1) is 11.0 Å². The Morgan fingerprint density at radius 2 is 1.53 bits per heavy atom. The molecule has 3 aromatic heterocycles.